The number of nitrogens with zero attached hydrogens (tertiary/aromatic N) is 3. The van der Waals surface area contributed by atoms with E-state index in [0.29, 0.717) is 24.1 Å². The molecular weight excluding hydrogens is 266 g/mol. The highest BCUT2D eigenvalue weighted by molar-refractivity contribution is 5.74. The molecule has 0 aliphatic rings. The number of para-hydroxylation sites is 2. The van der Waals surface area contributed by atoms with Gasteiger partial charge in [-0.2, -0.15) is 4.98 Å². The van der Waals surface area contributed by atoms with Crippen LogP contribution in [-0.4, -0.2) is 20.1 Å². The molecule has 0 saturated heterocycles. The van der Waals surface area contributed by atoms with Crippen molar-refractivity contribution in [1.82, 2.24) is 20.1 Å². The van der Waals surface area contributed by atoms with Crippen LogP contribution >= 0.6 is 0 Å². The minimum absolute atomic E-state index is 0.207. The average molecular weight is 285 g/mol. The summed E-state index contributed by atoms with van der Waals surface area (Å²) >= 11 is 0. The third kappa shape index (κ3) is 3.11. The summed E-state index contributed by atoms with van der Waals surface area (Å²) in [5, 5.41) is 3.98. The van der Waals surface area contributed by atoms with Gasteiger partial charge < -0.3 is 15.2 Å². The van der Waals surface area contributed by atoms with Crippen LogP contribution in [-0.2, 0) is 6.42 Å². The first-order chi connectivity index (χ1) is 10.1. The number of aromatic nitrogens is 4. The quantitative estimate of drug-likeness (QED) is 0.751. The second-order valence-corrected chi connectivity index (χ2v) is 5.66. The van der Waals surface area contributed by atoms with Crippen molar-refractivity contribution in [3.05, 3.63) is 41.8 Å². The van der Waals surface area contributed by atoms with Crippen LogP contribution in [0.2, 0.25) is 0 Å². The van der Waals surface area contributed by atoms with Crippen molar-refractivity contribution in [3.63, 3.8) is 0 Å². The van der Waals surface area contributed by atoms with Gasteiger partial charge in [0, 0.05) is 0 Å². The molecule has 0 fully saturated rings. The summed E-state index contributed by atoms with van der Waals surface area (Å²) in [7, 11) is 0. The summed E-state index contributed by atoms with van der Waals surface area (Å²) in [6.07, 6.45) is 1.33. The standard InChI is InChI=1S/C15H19N5O/c1-9(2)7-10(16)15-19-14(20-21-15)8-13-17-11-5-3-4-6-12(11)18-13/h3-6,9-10H,7-8,16H2,1-2H3,(H,17,18)/t10-/m0/s1. The van der Waals surface area contributed by atoms with Crippen LogP contribution in [0.1, 0.15) is 43.8 Å². The number of nitrogens with two attached hydrogens (primary N) is 1. The van der Waals surface area contributed by atoms with Crippen molar-refractivity contribution in [3.8, 4) is 0 Å². The van der Waals surface area contributed by atoms with Crippen LogP contribution in [0.5, 0.6) is 0 Å². The Balaban J connectivity index is 1.74. The van der Waals surface area contributed by atoms with E-state index in [1.165, 1.54) is 0 Å². The second kappa shape index (κ2) is 5.65. The molecule has 3 aromatic rings. The number of imidazole rings is 1. The smallest absolute Gasteiger partial charge is 0.243 e. The highest BCUT2D eigenvalue weighted by atomic mass is 16.5. The van der Waals surface area contributed by atoms with E-state index in [2.05, 4.69) is 34.0 Å². The number of benzene rings is 1. The molecule has 3 rings (SSSR count). The summed E-state index contributed by atoms with van der Waals surface area (Å²) in [4.78, 5) is 12.1. The Labute approximate surface area is 122 Å². The fourth-order valence-corrected chi connectivity index (χ4v) is 2.34. The van der Waals surface area contributed by atoms with Gasteiger partial charge in [0.15, 0.2) is 5.82 Å². The Hall–Kier alpha value is -2.21. The molecule has 0 unspecified atom stereocenters. The summed E-state index contributed by atoms with van der Waals surface area (Å²) < 4.78 is 5.25. The first-order valence-electron chi connectivity index (χ1n) is 7.13. The van der Waals surface area contributed by atoms with E-state index < -0.39 is 0 Å². The number of nitrogens with one attached hydrogen (secondary N) is 1. The molecule has 1 atom stereocenters. The lowest BCUT2D eigenvalue weighted by molar-refractivity contribution is 0.332. The van der Waals surface area contributed by atoms with Crippen molar-refractivity contribution >= 4 is 11.0 Å². The zero-order chi connectivity index (χ0) is 14.8. The lowest BCUT2D eigenvalue weighted by Gasteiger charge is -2.08. The van der Waals surface area contributed by atoms with Gasteiger partial charge in [0.2, 0.25) is 5.89 Å². The topological polar surface area (TPSA) is 93.6 Å². The SMILES string of the molecule is CC(C)C[C@H](N)c1nc(Cc2nc3ccccc3[nH]2)no1. The Morgan fingerprint density at radius 3 is 2.81 bits per heavy atom. The van der Waals surface area contributed by atoms with Crippen LogP contribution in [0.3, 0.4) is 0 Å². The van der Waals surface area contributed by atoms with E-state index in [1.807, 2.05) is 24.3 Å². The third-order valence-corrected chi connectivity index (χ3v) is 3.29. The fourth-order valence-electron chi connectivity index (χ4n) is 2.34. The second-order valence-electron chi connectivity index (χ2n) is 5.66. The molecule has 2 aromatic heterocycles. The number of hydrogen-bond donors (Lipinski definition) is 2. The maximum absolute atomic E-state index is 6.04. The monoisotopic (exact) mass is 285 g/mol. The summed E-state index contributed by atoms with van der Waals surface area (Å²) in [5.41, 5.74) is 7.99. The maximum atomic E-state index is 6.04. The van der Waals surface area contributed by atoms with Crippen molar-refractivity contribution in [1.29, 1.82) is 0 Å². The molecule has 0 bridgehead atoms. The molecular formula is C15H19N5O. The molecule has 110 valence electrons. The zero-order valence-corrected chi connectivity index (χ0v) is 12.2. The van der Waals surface area contributed by atoms with Gasteiger partial charge in [0.05, 0.1) is 23.5 Å². The Kier molecular flexibility index (Phi) is 3.70. The predicted molar refractivity (Wildman–Crippen MR) is 79.6 cm³/mol. The van der Waals surface area contributed by atoms with Crippen LogP contribution in [0.15, 0.2) is 28.8 Å². The van der Waals surface area contributed by atoms with Crippen LogP contribution in [0.4, 0.5) is 0 Å². The zero-order valence-electron chi connectivity index (χ0n) is 12.2. The van der Waals surface area contributed by atoms with Crippen molar-refractivity contribution < 1.29 is 4.52 Å². The predicted octanol–water partition coefficient (Wildman–Crippen LogP) is 2.58. The van der Waals surface area contributed by atoms with E-state index in [-0.39, 0.29) is 6.04 Å². The number of aromatic amines is 1. The highest BCUT2D eigenvalue weighted by Gasteiger charge is 2.17. The Morgan fingerprint density at radius 1 is 1.24 bits per heavy atom. The van der Waals surface area contributed by atoms with Gasteiger partial charge in [0.1, 0.15) is 5.82 Å². The van der Waals surface area contributed by atoms with E-state index in [1.54, 1.807) is 0 Å². The Bertz CT molecular complexity index is 697. The molecule has 21 heavy (non-hydrogen) atoms. The molecule has 6 nitrogen and oxygen atoms in total. The lowest BCUT2D eigenvalue weighted by atomic mass is 10.0. The van der Waals surface area contributed by atoms with E-state index >= 15 is 0 Å². The summed E-state index contributed by atoms with van der Waals surface area (Å²) in [6.45, 7) is 4.23. The van der Waals surface area contributed by atoms with Crippen molar-refractivity contribution in [2.75, 3.05) is 0 Å². The fraction of sp³-hybridized carbons (Fsp3) is 0.400. The van der Waals surface area contributed by atoms with E-state index in [0.717, 1.165) is 23.3 Å². The number of hydrogen-bond acceptors (Lipinski definition) is 5. The molecule has 0 spiro atoms. The van der Waals surface area contributed by atoms with Gasteiger partial charge in [-0.3, -0.25) is 0 Å². The number of fused-ring (bicyclic) bond motifs is 1. The Morgan fingerprint density at radius 2 is 2.05 bits per heavy atom. The third-order valence-electron chi connectivity index (χ3n) is 3.29. The molecule has 2 heterocycles. The van der Waals surface area contributed by atoms with Gasteiger partial charge >= 0.3 is 0 Å². The van der Waals surface area contributed by atoms with Gasteiger partial charge in [-0.1, -0.05) is 31.1 Å². The molecule has 6 heteroatoms. The van der Waals surface area contributed by atoms with E-state index in [9.17, 15) is 0 Å². The number of rotatable bonds is 5. The minimum atomic E-state index is -0.207. The van der Waals surface area contributed by atoms with Crippen LogP contribution in [0.25, 0.3) is 11.0 Å². The van der Waals surface area contributed by atoms with Crippen molar-refractivity contribution in [2.45, 2.75) is 32.7 Å². The minimum Gasteiger partial charge on any atom is -0.342 e. The normalized spacial score (nSPS) is 13.1. The molecule has 3 N–H and O–H groups in total. The highest BCUT2D eigenvalue weighted by Crippen LogP contribution is 2.18. The van der Waals surface area contributed by atoms with Gasteiger partial charge in [0.25, 0.3) is 0 Å². The maximum Gasteiger partial charge on any atom is 0.243 e. The molecule has 0 aliphatic heterocycles. The molecule has 0 aliphatic carbocycles. The average Bonchev–Trinajstić information content (AvgIpc) is 3.04. The lowest BCUT2D eigenvalue weighted by Crippen LogP contribution is -2.13. The van der Waals surface area contributed by atoms with Gasteiger partial charge in [-0.25, -0.2) is 4.98 Å². The first-order valence-corrected chi connectivity index (χ1v) is 7.13. The molecule has 1 aromatic carbocycles. The van der Waals surface area contributed by atoms with Crippen molar-refractivity contribution in [2.24, 2.45) is 11.7 Å². The molecule has 0 amide bonds. The first kappa shape index (κ1) is 13.8. The van der Waals surface area contributed by atoms with Gasteiger partial charge in [-0.05, 0) is 24.5 Å². The summed E-state index contributed by atoms with van der Waals surface area (Å²) in [6, 6.07) is 7.69. The molecule has 0 saturated carbocycles. The van der Waals surface area contributed by atoms with E-state index in [4.69, 9.17) is 10.3 Å². The summed E-state index contributed by atoms with van der Waals surface area (Å²) in [5.74, 6) is 2.41. The largest absolute Gasteiger partial charge is 0.342 e. The van der Waals surface area contributed by atoms with Crippen LogP contribution in [0, 0.1) is 5.92 Å². The van der Waals surface area contributed by atoms with Crippen LogP contribution < -0.4 is 5.73 Å². The van der Waals surface area contributed by atoms with Gasteiger partial charge in [-0.15, -0.1) is 0 Å². The number of H-pyrrole nitrogens is 1. The molecule has 0 radical (unpaired) electrons.